The van der Waals surface area contributed by atoms with Crippen molar-refractivity contribution in [1.29, 1.82) is 0 Å². The molecule has 4 nitrogen and oxygen atoms in total. The predicted octanol–water partition coefficient (Wildman–Crippen LogP) is 6.53. The summed E-state index contributed by atoms with van der Waals surface area (Å²) < 4.78 is 4.36. The number of likely N-dealkylation sites (tertiary alicyclic amines) is 1. The van der Waals surface area contributed by atoms with Crippen molar-refractivity contribution >= 4 is 27.8 Å². The highest BCUT2D eigenvalue weighted by atomic mass is 79.9. The molecule has 1 aromatic rings. The van der Waals surface area contributed by atoms with E-state index in [9.17, 15) is 9.90 Å². The van der Waals surface area contributed by atoms with E-state index in [1.807, 2.05) is 12.1 Å². The Bertz CT molecular complexity index is 805. The molecule has 0 unspecified atom stereocenters. The van der Waals surface area contributed by atoms with E-state index in [1.165, 1.54) is 32.1 Å². The minimum absolute atomic E-state index is 0.0903. The number of aromatic hydroxyl groups is 1. The Morgan fingerprint density at radius 3 is 2.07 bits per heavy atom. The Hall–Kier alpha value is -1.36. The molecule has 2 aliphatic rings. The van der Waals surface area contributed by atoms with E-state index in [1.54, 1.807) is 0 Å². The van der Waals surface area contributed by atoms with Gasteiger partial charge in [-0.25, -0.2) is 0 Å². The van der Waals surface area contributed by atoms with Crippen molar-refractivity contribution in [3.05, 3.63) is 28.8 Å². The number of phenols is 1. The molecule has 1 N–H and O–H groups in total. The molecule has 30 heavy (non-hydrogen) atoms. The van der Waals surface area contributed by atoms with Crippen LogP contribution in [-0.2, 0) is 10.8 Å². The van der Waals surface area contributed by atoms with Crippen molar-refractivity contribution < 1.29 is 9.90 Å². The maximum absolute atomic E-state index is 13.4. The van der Waals surface area contributed by atoms with Crippen LogP contribution in [0.2, 0.25) is 0 Å². The molecule has 1 heterocycles. The molecule has 0 radical (unpaired) electrons. The third-order valence-corrected chi connectivity index (χ3v) is 7.23. The summed E-state index contributed by atoms with van der Waals surface area (Å²) in [5, 5.41) is 10.9. The molecule has 5 heteroatoms. The van der Waals surface area contributed by atoms with E-state index in [-0.39, 0.29) is 22.0 Å². The molecule has 166 valence electrons. The van der Waals surface area contributed by atoms with Gasteiger partial charge < -0.3 is 10.0 Å². The lowest BCUT2D eigenvalue weighted by molar-refractivity contribution is 0.0950. The summed E-state index contributed by atoms with van der Waals surface area (Å²) in [7, 11) is 0. The summed E-state index contributed by atoms with van der Waals surface area (Å²) in [6.07, 6.45) is 7.29. The molecule has 1 aliphatic heterocycles. The lowest BCUT2D eigenvalue weighted by Gasteiger charge is -2.32. The van der Waals surface area contributed by atoms with Gasteiger partial charge in [-0.15, -0.1) is 0 Å². The van der Waals surface area contributed by atoms with Crippen LogP contribution in [0.25, 0.3) is 0 Å². The number of amidine groups is 1. The molecular formula is C25H37BrN2O2. The van der Waals surface area contributed by atoms with Crippen LogP contribution >= 0.6 is 16.1 Å². The molecule has 1 saturated carbocycles. The average Bonchev–Trinajstić information content (AvgIpc) is 2.97. The van der Waals surface area contributed by atoms with Crippen molar-refractivity contribution in [2.24, 2.45) is 9.43 Å². The van der Waals surface area contributed by atoms with Crippen LogP contribution in [0.1, 0.15) is 102 Å². The van der Waals surface area contributed by atoms with Gasteiger partial charge >= 0.3 is 0 Å². The summed E-state index contributed by atoms with van der Waals surface area (Å²) in [5.41, 5.74) is 2.13. The van der Waals surface area contributed by atoms with Crippen LogP contribution in [0.3, 0.4) is 0 Å². The highest BCUT2D eigenvalue weighted by molar-refractivity contribution is 9.08. The Morgan fingerprint density at radius 1 is 1.07 bits per heavy atom. The fraction of sp³-hybridized carbons (Fsp3) is 0.680. The number of carbonyl (C=O) groups excluding carboxylic acids is 1. The second-order valence-electron chi connectivity index (χ2n) is 11.4. The minimum atomic E-state index is -0.247. The number of carbonyl (C=O) groups is 1. The van der Waals surface area contributed by atoms with Crippen molar-refractivity contribution in [2.75, 3.05) is 13.1 Å². The first-order chi connectivity index (χ1) is 13.9. The molecule has 0 amide bonds. The first-order valence-corrected chi connectivity index (χ1v) is 11.9. The molecule has 1 aliphatic carbocycles. The van der Waals surface area contributed by atoms with Crippen LogP contribution < -0.4 is 0 Å². The summed E-state index contributed by atoms with van der Waals surface area (Å²) in [5.74, 6) is 1.40. The lowest BCUT2D eigenvalue weighted by atomic mass is 9.73. The Balaban J connectivity index is 1.91. The monoisotopic (exact) mass is 476 g/mol. The smallest absolute Gasteiger partial charge is 0.182 e. The molecule has 1 spiro atoms. The van der Waals surface area contributed by atoms with E-state index < -0.39 is 0 Å². The van der Waals surface area contributed by atoms with Gasteiger partial charge in [0.05, 0.1) is 22.7 Å². The Morgan fingerprint density at radius 2 is 1.60 bits per heavy atom. The van der Waals surface area contributed by atoms with Gasteiger partial charge in [-0.2, -0.15) is 4.02 Å². The molecule has 3 rings (SSSR count). The van der Waals surface area contributed by atoms with Gasteiger partial charge in [0.1, 0.15) is 11.6 Å². The van der Waals surface area contributed by atoms with Gasteiger partial charge in [0, 0.05) is 29.7 Å². The van der Waals surface area contributed by atoms with Gasteiger partial charge in [-0.1, -0.05) is 60.8 Å². The maximum atomic E-state index is 13.4. The normalized spacial score (nSPS) is 20.9. The standard InChI is InChI=1S/C25H37BrN2O2/c1-23(2,3)18-12-17(13-19(22(18)30)24(4,5)6)20(29)15-28-16-25(14-21(28)27-26)10-8-7-9-11-25/h12-13,30H,7-11,14-16H2,1-6H3. The molecule has 0 bridgehead atoms. The predicted molar refractivity (Wildman–Crippen MR) is 128 cm³/mol. The topological polar surface area (TPSA) is 52.9 Å². The third-order valence-electron chi connectivity index (χ3n) is 6.82. The first kappa shape index (κ1) is 23.3. The van der Waals surface area contributed by atoms with Gasteiger partial charge in [0.15, 0.2) is 5.78 Å². The molecule has 1 saturated heterocycles. The number of nitrogens with zero attached hydrogens (tertiary/aromatic N) is 2. The van der Waals surface area contributed by atoms with E-state index in [4.69, 9.17) is 0 Å². The van der Waals surface area contributed by atoms with Crippen LogP contribution in [0, 0.1) is 5.41 Å². The second-order valence-corrected chi connectivity index (χ2v) is 11.8. The molecule has 0 atom stereocenters. The third kappa shape index (κ3) is 4.76. The Kier molecular flexibility index (Phi) is 6.44. The molecule has 2 fully saturated rings. The summed E-state index contributed by atoms with van der Waals surface area (Å²) in [6.45, 7) is 13.7. The number of benzene rings is 1. The SMILES string of the molecule is CC(C)(C)c1cc(C(=O)CN2CC3(CCCCC3)CC2=NBr)cc(C(C)(C)C)c1O. The summed E-state index contributed by atoms with van der Waals surface area (Å²) in [4.78, 5) is 15.6. The van der Waals surface area contributed by atoms with Crippen molar-refractivity contribution in [3.8, 4) is 5.75 Å². The highest BCUT2D eigenvalue weighted by Crippen LogP contribution is 2.45. The van der Waals surface area contributed by atoms with E-state index in [0.29, 0.717) is 17.9 Å². The second kappa shape index (κ2) is 8.29. The summed E-state index contributed by atoms with van der Waals surface area (Å²) in [6, 6.07) is 3.79. The van der Waals surface area contributed by atoms with Crippen molar-refractivity contribution in [3.63, 3.8) is 0 Å². The van der Waals surface area contributed by atoms with E-state index in [2.05, 4.69) is 66.6 Å². The number of Topliss-reactive ketones (excluding diaryl/α,β-unsaturated/α-hetero) is 1. The number of hydrogen-bond donors (Lipinski definition) is 1. The average molecular weight is 477 g/mol. The number of hydrogen-bond acceptors (Lipinski definition) is 3. The van der Waals surface area contributed by atoms with E-state index >= 15 is 0 Å². The largest absolute Gasteiger partial charge is 0.507 e. The van der Waals surface area contributed by atoms with Crippen LogP contribution in [0.15, 0.2) is 16.2 Å². The minimum Gasteiger partial charge on any atom is -0.507 e. The molecular weight excluding hydrogens is 440 g/mol. The fourth-order valence-electron chi connectivity index (χ4n) is 5.07. The highest BCUT2D eigenvalue weighted by Gasteiger charge is 2.42. The number of rotatable bonds is 3. The first-order valence-electron chi connectivity index (χ1n) is 11.2. The van der Waals surface area contributed by atoms with Gasteiger partial charge in [0.2, 0.25) is 0 Å². The molecule has 1 aromatic carbocycles. The zero-order valence-corrected chi connectivity index (χ0v) is 21.0. The van der Waals surface area contributed by atoms with Gasteiger partial charge in [-0.3, -0.25) is 4.79 Å². The fourth-order valence-corrected chi connectivity index (χ4v) is 5.42. The van der Waals surface area contributed by atoms with Crippen LogP contribution in [0.5, 0.6) is 5.75 Å². The lowest BCUT2D eigenvalue weighted by Crippen LogP contribution is -2.34. The van der Waals surface area contributed by atoms with Gasteiger partial charge in [-0.05, 0) is 41.2 Å². The zero-order chi connectivity index (χ0) is 22.3. The molecule has 0 aromatic heterocycles. The quantitative estimate of drug-likeness (QED) is 0.504. The van der Waals surface area contributed by atoms with Crippen molar-refractivity contribution in [1.82, 2.24) is 4.90 Å². The zero-order valence-electron chi connectivity index (χ0n) is 19.4. The van der Waals surface area contributed by atoms with E-state index in [0.717, 1.165) is 29.9 Å². The van der Waals surface area contributed by atoms with Crippen LogP contribution in [0.4, 0.5) is 0 Å². The number of halogens is 1. The van der Waals surface area contributed by atoms with Crippen LogP contribution in [-0.4, -0.2) is 34.7 Å². The number of phenolic OH excluding ortho intramolecular Hbond substituents is 1. The van der Waals surface area contributed by atoms with Crippen molar-refractivity contribution in [2.45, 2.75) is 90.9 Å². The van der Waals surface area contributed by atoms with Gasteiger partial charge in [0.25, 0.3) is 0 Å². The number of ketones is 1. The Labute approximate surface area is 190 Å². The maximum Gasteiger partial charge on any atom is 0.182 e. The summed E-state index contributed by atoms with van der Waals surface area (Å²) >= 11 is 3.30.